The second kappa shape index (κ2) is 5.48. The molecule has 21 heavy (non-hydrogen) atoms. The number of nitrogens with zero attached hydrogens (tertiary/aromatic N) is 3. The summed E-state index contributed by atoms with van der Waals surface area (Å²) in [6.45, 7) is 2.02. The van der Waals surface area contributed by atoms with Gasteiger partial charge in [0.05, 0.1) is 12.5 Å². The first kappa shape index (κ1) is 14.1. The second-order valence-corrected chi connectivity index (χ2v) is 6.06. The first-order valence-electron chi connectivity index (χ1n) is 6.78. The molecule has 0 aromatic carbocycles. The molecule has 0 N–H and O–H groups in total. The summed E-state index contributed by atoms with van der Waals surface area (Å²) < 4.78 is 6.59. The number of ether oxygens (including phenoxy) is 1. The molecule has 0 atom stereocenters. The SMILES string of the molecule is CCSc1ncc2c(=O)c(C(=O)OC)cn(C3CC3)c2n1. The molecule has 1 aliphatic rings. The quantitative estimate of drug-likeness (QED) is 0.489. The lowest BCUT2D eigenvalue weighted by molar-refractivity contribution is 0.0598. The van der Waals surface area contributed by atoms with Crippen molar-refractivity contribution in [3.63, 3.8) is 0 Å². The normalized spacial score (nSPS) is 14.4. The predicted octanol–water partition coefficient (Wildman–Crippen LogP) is 2.02. The molecule has 0 saturated heterocycles. The molecule has 0 amide bonds. The lowest BCUT2D eigenvalue weighted by Crippen LogP contribution is -2.20. The highest BCUT2D eigenvalue weighted by Gasteiger charge is 2.27. The third kappa shape index (κ3) is 2.53. The van der Waals surface area contributed by atoms with Gasteiger partial charge in [-0.25, -0.2) is 14.8 Å². The maximum absolute atomic E-state index is 12.4. The minimum absolute atomic E-state index is 0.0383. The number of fused-ring (bicyclic) bond motifs is 1. The molecule has 0 bridgehead atoms. The van der Waals surface area contributed by atoms with Crippen LogP contribution in [0.15, 0.2) is 22.3 Å². The van der Waals surface area contributed by atoms with Crippen LogP contribution >= 0.6 is 11.8 Å². The number of thioether (sulfide) groups is 1. The van der Waals surface area contributed by atoms with Gasteiger partial charge in [-0.05, 0) is 18.6 Å². The van der Waals surface area contributed by atoms with Crippen molar-refractivity contribution in [1.82, 2.24) is 14.5 Å². The number of hydrogen-bond acceptors (Lipinski definition) is 6. The molecule has 7 heteroatoms. The Kier molecular flexibility index (Phi) is 3.67. The summed E-state index contributed by atoms with van der Waals surface area (Å²) in [5, 5.41) is 1.01. The molecular formula is C14H15N3O3S. The van der Waals surface area contributed by atoms with Crippen molar-refractivity contribution in [2.45, 2.75) is 31.0 Å². The van der Waals surface area contributed by atoms with E-state index in [1.54, 1.807) is 6.20 Å². The zero-order valence-electron chi connectivity index (χ0n) is 11.8. The molecule has 6 nitrogen and oxygen atoms in total. The maximum Gasteiger partial charge on any atom is 0.343 e. The summed E-state index contributed by atoms with van der Waals surface area (Å²) >= 11 is 1.52. The van der Waals surface area contributed by atoms with E-state index >= 15 is 0 Å². The van der Waals surface area contributed by atoms with Crippen molar-refractivity contribution in [3.05, 3.63) is 28.2 Å². The van der Waals surface area contributed by atoms with E-state index in [1.807, 2.05) is 11.5 Å². The highest BCUT2D eigenvalue weighted by atomic mass is 32.2. The summed E-state index contributed by atoms with van der Waals surface area (Å²) in [6.07, 6.45) is 5.13. The molecule has 0 spiro atoms. The number of aromatic nitrogens is 3. The molecule has 0 aliphatic heterocycles. The largest absolute Gasteiger partial charge is 0.465 e. The van der Waals surface area contributed by atoms with Gasteiger partial charge in [-0.3, -0.25) is 4.79 Å². The molecule has 1 aliphatic carbocycles. The van der Waals surface area contributed by atoms with Crippen molar-refractivity contribution in [3.8, 4) is 0 Å². The first-order chi connectivity index (χ1) is 10.2. The fourth-order valence-corrected chi connectivity index (χ4v) is 2.74. The number of hydrogen-bond donors (Lipinski definition) is 0. The summed E-state index contributed by atoms with van der Waals surface area (Å²) in [6, 6.07) is 0.297. The molecule has 2 aromatic heterocycles. The summed E-state index contributed by atoms with van der Waals surface area (Å²) in [5.74, 6) is 0.239. The zero-order chi connectivity index (χ0) is 15.0. The number of esters is 1. The Labute approximate surface area is 125 Å². The number of carbonyl (C=O) groups excluding carboxylic acids is 1. The van der Waals surface area contributed by atoms with Crippen LogP contribution in [0.1, 0.15) is 36.2 Å². The Morgan fingerprint density at radius 3 is 2.90 bits per heavy atom. The highest BCUT2D eigenvalue weighted by molar-refractivity contribution is 7.99. The summed E-state index contributed by atoms with van der Waals surface area (Å²) in [7, 11) is 1.27. The van der Waals surface area contributed by atoms with Gasteiger partial charge in [0.15, 0.2) is 5.16 Å². The Morgan fingerprint density at radius 2 is 2.29 bits per heavy atom. The smallest absolute Gasteiger partial charge is 0.343 e. The van der Waals surface area contributed by atoms with Crippen LogP contribution in [0, 0.1) is 0 Å². The molecule has 1 fully saturated rings. The van der Waals surface area contributed by atoms with Gasteiger partial charge in [-0.15, -0.1) is 0 Å². The van der Waals surface area contributed by atoms with Gasteiger partial charge in [-0.1, -0.05) is 18.7 Å². The Morgan fingerprint density at radius 1 is 1.52 bits per heavy atom. The summed E-state index contributed by atoms with van der Waals surface area (Å²) in [4.78, 5) is 32.8. The maximum atomic E-state index is 12.4. The van der Waals surface area contributed by atoms with E-state index in [1.165, 1.54) is 25.1 Å². The lowest BCUT2D eigenvalue weighted by atomic mass is 10.2. The predicted molar refractivity (Wildman–Crippen MR) is 79.8 cm³/mol. The van der Waals surface area contributed by atoms with Gasteiger partial charge >= 0.3 is 5.97 Å². The molecule has 2 aromatic rings. The number of carbonyl (C=O) groups is 1. The highest BCUT2D eigenvalue weighted by Crippen LogP contribution is 2.36. The van der Waals surface area contributed by atoms with E-state index in [9.17, 15) is 9.59 Å². The van der Waals surface area contributed by atoms with Crippen LogP contribution in [0.25, 0.3) is 11.0 Å². The Bertz CT molecular complexity index is 768. The van der Waals surface area contributed by atoms with E-state index < -0.39 is 5.97 Å². The van der Waals surface area contributed by atoms with Crippen LogP contribution < -0.4 is 5.43 Å². The van der Waals surface area contributed by atoms with E-state index in [0.717, 1.165) is 18.6 Å². The van der Waals surface area contributed by atoms with E-state index in [2.05, 4.69) is 14.7 Å². The standard InChI is InChI=1S/C14H15N3O3S/c1-3-21-14-15-6-9-11(18)10(13(19)20-2)7-17(8-4-5-8)12(9)16-14/h6-8H,3-5H2,1-2H3. The fourth-order valence-electron chi connectivity index (χ4n) is 2.20. The third-order valence-electron chi connectivity index (χ3n) is 3.37. The van der Waals surface area contributed by atoms with Gasteiger partial charge in [-0.2, -0.15) is 0 Å². The second-order valence-electron chi connectivity index (χ2n) is 4.82. The zero-order valence-corrected chi connectivity index (χ0v) is 12.6. The van der Waals surface area contributed by atoms with Crippen LogP contribution in [-0.2, 0) is 4.74 Å². The van der Waals surface area contributed by atoms with Gasteiger partial charge in [0, 0.05) is 18.4 Å². The van der Waals surface area contributed by atoms with E-state index in [-0.39, 0.29) is 11.0 Å². The Balaban J connectivity index is 2.26. The first-order valence-corrected chi connectivity index (χ1v) is 7.77. The topological polar surface area (TPSA) is 74.1 Å². The third-order valence-corrected chi connectivity index (χ3v) is 4.11. The number of rotatable bonds is 4. The molecule has 2 heterocycles. The Hall–Kier alpha value is -1.89. The van der Waals surface area contributed by atoms with Gasteiger partial charge in [0.2, 0.25) is 5.43 Å². The van der Waals surface area contributed by atoms with E-state index in [0.29, 0.717) is 22.2 Å². The van der Waals surface area contributed by atoms with Crippen LogP contribution in [0.5, 0.6) is 0 Å². The lowest BCUT2D eigenvalue weighted by Gasteiger charge is -2.11. The fraction of sp³-hybridized carbons (Fsp3) is 0.429. The van der Waals surface area contributed by atoms with Crippen molar-refractivity contribution in [2.75, 3.05) is 12.9 Å². The van der Waals surface area contributed by atoms with Crippen molar-refractivity contribution >= 4 is 28.8 Å². The van der Waals surface area contributed by atoms with Crippen LogP contribution in [0.3, 0.4) is 0 Å². The van der Waals surface area contributed by atoms with Crippen molar-refractivity contribution in [2.24, 2.45) is 0 Å². The molecule has 3 rings (SSSR count). The van der Waals surface area contributed by atoms with Crippen LogP contribution in [0.2, 0.25) is 0 Å². The molecule has 0 radical (unpaired) electrons. The number of methoxy groups -OCH3 is 1. The average molecular weight is 305 g/mol. The molecule has 110 valence electrons. The average Bonchev–Trinajstić information content (AvgIpc) is 3.32. The molecule has 1 saturated carbocycles. The van der Waals surface area contributed by atoms with Crippen LogP contribution in [0.4, 0.5) is 0 Å². The van der Waals surface area contributed by atoms with Crippen LogP contribution in [-0.4, -0.2) is 33.4 Å². The van der Waals surface area contributed by atoms with E-state index in [4.69, 9.17) is 0 Å². The minimum Gasteiger partial charge on any atom is -0.465 e. The summed E-state index contributed by atoms with van der Waals surface area (Å²) in [5.41, 5.74) is 0.263. The minimum atomic E-state index is -0.622. The van der Waals surface area contributed by atoms with Crippen molar-refractivity contribution in [1.29, 1.82) is 0 Å². The number of pyridine rings is 1. The van der Waals surface area contributed by atoms with Gasteiger partial charge in [0.25, 0.3) is 0 Å². The van der Waals surface area contributed by atoms with Gasteiger partial charge in [0.1, 0.15) is 11.2 Å². The van der Waals surface area contributed by atoms with Crippen molar-refractivity contribution < 1.29 is 9.53 Å². The van der Waals surface area contributed by atoms with Gasteiger partial charge < -0.3 is 9.30 Å². The monoisotopic (exact) mass is 305 g/mol. The molecular weight excluding hydrogens is 290 g/mol. The molecule has 0 unspecified atom stereocenters.